The van der Waals surface area contributed by atoms with Crippen LogP contribution in [0.2, 0.25) is 0 Å². The van der Waals surface area contributed by atoms with Crippen molar-refractivity contribution < 1.29 is 9.90 Å². The summed E-state index contributed by atoms with van der Waals surface area (Å²) in [4.78, 5) is 12.4. The van der Waals surface area contributed by atoms with Gasteiger partial charge in [-0.05, 0) is 32.4 Å². The fourth-order valence-corrected chi connectivity index (χ4v) is 2.30. The van der Waals surface area contributed by atoms with E-state index in [4.69, 9.17) is 5.11 Å². The SMILES string of the molecule is C/C=C(C)\C=C/Cc1cc(C)c(C(=O)O)s1. The molecule has 1 rings (SSSR count). The molecule has 1 N–H and O–H groups in total. The maximum Gasteiger partial charge on any atom is 0.346 e. The van der Waals surface area contributed by atoms with Crippen molar-refractivity contribution in [1.82, 2.24) is 0 Å². The number of rotatable bonds is 4. The first-order chi connectivity index (χ1) is 7.54. The lowest BCUT2D eigenvalue weighted by Gasteiger charge is -1.89. The van der Waals surface area contributed by atoms with E-state index in [0.29, 0.717) is 4.88 Å². The number of thiophene rings is 1. The van der Waals surface area contributed by atoms with Gasteiger partial charge in [-0.25, -0.2) is 4.79 Å². The van der Waals surface area contributed by atoms with Gasteiger partial charge in [-0.1, -0.05) is 23.8 Å². The Bertz CT molecular complexity index is 439. The number of carboxylic acids is 1. The first-order valence-electron chi connectivity index (χ1n) is 5.16. The number of aryl methyl sites for hydroxylation is 1. The second-order valence-electron chi connectivity index (χ2n) is 3.67. The van der Waals surface area contributed by atoms with Gasteiger partial charge in [-0.15, -0.1) is 11.3 Å². The average Bonchev–Trinajstić information content (AvgIpc) is 2.59. The first-order valence-corrected chi connectivity index (χ1v) is 5.98. The summed E-state index contributed by atoms with van der Waals surface area (Å²) in [7, 11) is 0. The molecule has 0 fully saturated rings. The lowest BCUT2D eigenvalue weighted by molar-refractivity contribution is 0.0701. The second kappa shape index (κ2) is 5.66. The van der Waals surface area contributed by atoms with Gasteiger partial charge in [0.05, 0.1) is 0 Å². The lowest BCUT2D eigenvalue weighted by Crippen LogP contribution is -1.93. The summed E-state index contributed by atoms with van der Waals surface area (Å²) in [5.41, 5.74) is 2.07. The summed E-state index contributed by atoms with van der Waals surface area (Å²) >= 11 is 1.36. The first kappa shape index (κ1) is 12.7. The summed E-state index contributed by atoms with van der Waals surface area (Å²) in [5.74, 6) is -0.831. The zero-order valence-electron chi connectivity index (χ0n) is 9.78. The molecular formula is C13H16O2S. The maximum atomic E-state index is 10.8. The number of hydrogen-bond acceptors (Lipinski definition) is 2. The van der Waals surface area contributed by atoms with Crippen molar-refractivity contribution >= 4 is 17.3 Å². The van der Waals surface area contributed by atoms with Crippen molar-refractivity contribution in [3.8, 4) is 0 Å². The lowest BCUT2D eigenvalue weighted by atomic mass is 10.2. The Labute approximate surface area is 99.9 Å². The van der Waals surface area contributed by atoms with E-state index in [1.54, 1.807) is 0 Å². The van der Waals surface area contributed by atoms with Gasteiger partial charge in [0.1, 0.15) is 4.88 Å². The van der Waals surface area contributed by atoms with Crippen LogP contribution >= 0.6 is 11.3 Å². The summed E-state index contributed by atoms with van der Waals surface area (Å²) in [6.45, 7) is 5.88. The number of hydrogen-bond donors (Lipinski definition) is 1. The molecule has 1 aromatic heterocycles. The van der Waals surface area contributed by atoms with Gasteiger partial charge >= 0.3 is 5.97 Å². The van der Waals surface area contributed by atoms with Crippen LogP contribution in [0.3, 0.4) is 0 Å². The summed E-state index contributed by atoms with van der Waals surface area (Å²) in [6.07, 6.45) is 6.95. The third-order valence-electron chi connectivity index (χ3n) is 2.32. The Kier molecular flexibility index (Phi) is 4.50. The van der Waals surface area contributed by atoms with E-state index in [9.17, 15) is 4.79 Å². The normalized spacial score (nSPS) is 12.3. The highest BCUT2D eigenvalue weighted by Gasteiger charge is 2.10. The van der Waals surface area contributed by atoms with Gasteiger partial charge in [0.15, 0.2) is 0 Å². The Morgan fingerprint density at radius 3 is 2.75 bits per heavy atom. The minimum atomic E-state index is -0.831. The highest BCUT2D eigenvalue weighted by atomic mass is 32.1. The van der Waals surface area contributed by atoms with Gasteiger partial charge in [0.25, 0.3) is 0 Å². The van der Waals surface area contributed by atoms with Crippen molar-refractivity contribution in [3.05, 3.63) is 45.2 Å². The van der Waals surface area contributed by atoms with E-state index in [2.05, 4.69) is 12.2 Å². The molecule has 0 radical (unpaired) electrons. The largest absolute Gasteiger partial charge is 0.477 e. The van der Waals surface area contributed by atoms with Crippen molar-refractivity contribution in [2.45, 2.75) is 27.2 Å². The van der Waals surface area contributed by atoms with Crippen LogP contribution < -0.4 is 0 Å². The molecule has 0 unspecified atom stereocenters. The highest BCUT2D eigenvalue weighted by molar-refractivity contribution is 7.14. The molecule has 86 valence electrons. The topological polar surface area (TPSA) is 37.3 Å². The van der Waals surface area contributed by atoms with Crippen LogP contribution in [0.4, 0.5) is 0 Å². The van der Waals surface area contributed by atoms with Crippen LogP contribution in [0.25, 0.3) is 0 Å². The molecule has 0 aliphatic rings. The van der Waals surface area contributed by atoms with Crippen LogP contribution in [0, 0.1) is 6.92 Å². The Hall–Kier alpha value is -1.35. The fraction of sp³-hybridized carbons (Fsp3) is 0.308. The standard InChI is InChI=1S/C13H16O2S/c1-4-9(2)6-5-7-11-8-10(3)12(16-11)13(14)15/h4-6,8H,7H2,1-3H3,(H,14,15)/b6-5-,9-4-. The van der Waals surface area contributed by atoms with Gasteiger partial charge in [-0.3, -0.25) is 0 Å². The molecule has 16 heavy (non-hydrogen) atoms. The molecule has 2 nitrogen and oxygen atoms in total. The summed E-state index contributed by atoms with van der Waals surface area (Å²) in [5, 5.41) is 8.91. The molecule has 0 atom stereocenters. The van der Waals surface area contributed by atoms with Crippen LogP contribution in [0.15, 0.2) is 29.9 Å². The van der Waals surface area contributed by atoms with E-state index in [0.717, 1.165) is 16.9 Å². The van der Waals surface area contributed by atoms with E-state index in [1.165, 1.54) is 16.9 Å². The Morgan fingerprint density at radius 1 is 1.56 bits per heavy atom. The number of aromatic carboxylic acids is 1. The fourth-order valence-electron chi connectivity index (χ4n) is 1.32. The monoisotopic (exact) mass is 236 g/mol. The van der Waals surface area contributed by atoms with Crippen LogP contribution in [-0.2, 0) is 6.42 Å². The van der Waals surface area contributed by atoms with E-state index < -0.39 is 5.97 Å². The molecule has 1 aromatic rings. The molecule has 0 bridgehead atoms. The smallest absolute Gasteiger partial charge is 0.346 e. The predicted octanol–water partition coefficient (Wildman–Crippen LogP) is 3.82. The van der Waals surface area contributed by atoms with Gasteiger partial charge in [-0.2, -0.15) is 0 Å². The van der Waals surface area contributed by atoms with Crippen LogP contribution in [0.5, 0.6) is 0 Å². The number of carbonyl (C=O) groups is 1. The van der Waals surface area contributed by atoms with Gasteiger partial charge in [0, 0.05) is 11.3 Å². The van der Waals surface area contributed by atoms with Crippen molar-refractivity contribution in [2.24, 2.45) is 0 Å². The second-order valence-corrected chi connectivity index (χ2v) is 4.81. The third kappa shape index (κ3) is 3.35. The van der Waals surface area contributed by atoms with E-state index >= 15 is 0 Å². The molecule has 0 saturated heterocycles. The van der Waals surface area contributed by atoms with Crippen molar-refractivity contribution in [1.29, 1.82) is 0 Å². The zero-order chi connectivity index (χ0) is 12.1. The van der Waals surface area contributed by atoms with E-state index in [-0.39, 0.29) is 0 Å². The predicted molar refractivity (Wildman–Crippen MR) is 68.3 cm³/mol. The Balaban J connectivity index is 2.73. The van der Waals surface area contributed by atoms with Gasteiger partial charge < -0.3 is 5.11 Å². The maximum absolute atomic E-state index is 10.8. The van der Waals surface area contributed by atoms with Gasteiger partial charge in [0.2, 0.25) is 0 Å². The molecule has 0 aliphatic heterocycles. The summed E-state index contributed by atoms with van der Waals surface area (Å²) < 4.78 is 0. The molecular weight excluding hydrogens is 220 g/mol. The van der Waals surface area contributed by atoms with Crippen molar-refractivity contribution in [2.75, 3.05) is 0 Å². The minimum Gasteiger partial charge on any atom is -0.477 e. The summed E-state index contributed by atoms with van der Waals surface area (Å²) in [6, 6.07) is 1.95. The molecule has 0 aromatic carbocycles. The number of carboxylic acid groups (broad SMARTS) is 1. The van der Waals surface area contributed by atoms with E-state index in [1.807, 2.05) is 32.9 Å². The highest BCUT2D eigenvalue weighted by Crippen LogP contribution is 2.22. The minimum absolute atomic E-state index is 0.450. The third-order valence-corrected chi connectivity index (χ3v) is 3.57. The Morgan fingerprint density at radius 2 is 2.25 bits per heavy atom. The molecule has 0 spiro atoms. The number of allylic oxidation sites excluding steroid dienone is 4. The molecule has 0 aliphatic carbocycles. The molecule has 0 saturated carbocycles. The van der Waals surface area contributed by atoms with Crippen molar-refractivity contribution in [3.63, 3.8) is 0 Å². The molecule has 0 amide bonds. The average molecular weight is 236 g/mol. The zero-order valence-corrected chi connectivity index (χ0v) is 10.6. The van der Waals surface area contributed by atoms with Crippen LogP contribution in [0.1, 0.15) is 34.0 Å². The molecule has 1 heterocycles. The molecule has 3 heteroatoms. The quantitative estimate of drug-likeness (QED) is 0.807. The van der Waals surface area contributed by atoms with Crippen LogP contribution in [-0.4, -0.2) is 11.1 Å².